The molecule has 1 aromatic rings. The summed E-state index contributed by atoms with van der Waals surface area (Å²) < 4.78 is 10.7. The highest BCUT2D eigenvalue weighted by atomic mass is 32.2. The Labute approximate surface area is 135 Å². The Morgan fingerprint density at radius 3 is 2.86 bits per heavy atom. The summed E-state index contributed by atoms with van der Waals surface area (Å²) in [7, 11) is -0.946. The molecular formula is C15H22BNO4S. The quantitative estimate of drug-likeness (QED) is 0.656. The maximum absolute atomic E-state index is 11.7. The molecule has 0 radical (unpaired) electrons. The fourth-order valence-electron chi connectivity index (χ4n) is 2.27. The van der Waals surface area contributed by atoms with E-state index in [2.05, 4.69) is 12.2 Å². The number of benzene rings is 1. The molecule has 0 aromatic heterocycles. The number of hydrogen-bond donors (Lipinski definition) is 2. The van der Waals surface area contributed by atoms with Gasteiger partial charge in [0.1, 0.15) is 5.60 Å². The molecule has 7 heteroatoms. The van der Waals surface area contributed by atoms with Crippen molar-refractivity contribution in [3.8, 4) is 0 Å². The summed E-state index contributed by atoms with van der Waals surface area (Å²) in [5.74, 6) is 0.972. The van der Waals surface area contributed by atoms with Crippen LogP contribution in [0.25, 0.3) is 0 Å². The van der Waals surface area contributed by atoms with Gasteiger partial charge in [-0.15, -0.1) is 11.8 Å². The predicted octanol–water partition coefficient (Wildman–Crippen LogP) is 2.08. The van der Waals surface area contributed by atoms with Gasteiger partial charge in [0.25, 0.3) is 0 Å². The van der Waals surface area contributed by atoms with E-state index in [4.69, 9.17) is 9.39 Å². The number of fused-ring (bicyclic) bond motifs is 1. The maximum Gasteiger partial charge on any atom is 0.492 e. The Bertz CT molecular complexity index is 547. The van der Waals surface area contributed by atoms with E-state index in [0.717, 1.165) is 21.7 Å². The van der Waals surface area contributed by atoms with Crippen molar-refractivity contribution in [2.45, 2.75) is 44.3 Å². The fourth-order valence-corrected chi connectivity index (χ4v) is 2.97. The van der Waals surface area contributed by atoms with Gasteiger partial charge < -0.3 is 19.7 Å². The highest BCUT2D eigenvalue weighted by molar-refractivity contribution is 7.99. The molecule has 1 aliphatic heterocycles. The number of rotatable bonds is 4. The minimum Gasteiger partial charge on any atom is -0.444 e. The summed E-state index contributed by atoms with van der Waals surface area (Å²) in [4.78, 5) is 12.8. The molecule has 22 heavy (non-hydrogen) atoms. The van der Waals surface area contributed by atoms with Crippen LogP contribution in [0.1, 0.15) is 39.4 Å². The zero-order valence-corrected chi connectivity index (χ0v) is 14.2. The first-order valence-corrected chi connectivity index (χ1v) is 8.35. The monoisotopic (exact) mass is 323 g/mol. The number of ether oxygens (including phenoxy) is 1. The predicted molar refractivity (Wildman–Crippen MR) is 88.5 cm³/mol. The molecule has 2 rings (SSSR count). The summed E-state index contributed by atoms with van der Waals surface area (Å²) in [5.41, 5.74) is 1.14. The normalized spacial score (nSPS) is 17.3. The van der Waals surface area contributed by atoms with Gasteiger partial charge in [0.2, 0.25) is 0 Å². The van der Waals surface area contributed by atoms with Gasteiger partial charge in [0, 0.05) is 11.4 Å². The molecule has 2 N–H and O–H groups in total. The van der Waals surface area contributed by atoms with Gasteiger partial charge >= 0.3 is 13.2 Å². The van der Waals surface area contributed by atoms with Crippen LogP contribution in [0.3, 0.4) is 0 Å². The number of nitrogens with one attached hydrogen (secondary N) is 1. The van der Waals surface area contributed by atoms with Gasteiger partial charge in [0.05, 0.1) is 6.10 Å². The van der Waals surface area contributed by atoms with Gasteiger partial charge in [-0.05, 0) is 49.7 Å². The molecule has 1 aliphatic rings. The van der Waals surface area contributed by atoms with E-state index < -0.39 is 18.8 Å². The highest BCUT2D eigenvalue weighted by Gasteiger charge is 2.35. The first kappa shape index (κ1) is 17.2. The van der Waals surface area contributed by atoms with Crippen LogP contribution < -0.4 is 10.8 Å². The minimum absolute atomic E-state index is 0.263. The summed E-state index contributed by atoms with van der Waals surface area (Å²) >= 11 is 1.71. The number of carbonyl (C=O) groups excluding carboxylic acids is 1. The van der Waals surface area contributed by atoms with E-state index in [1.165, 1.54) is 0 Å². The van der Waals surface area contributed by atoms with Gasteiger partial charge in [-0.2, -0.15) is 0 Å². The van der Waals surface area contributed by atoms with Crippen molar-refractivity contribution >= 4 is 30.4 Å². The van der Waals surface area contributed by atoms with Crippen molar-refractivity contribution in [2.75, 3.05) is 12.3 Å². The number of alkyl carbamates (subject to hydrolysis) is 1. The second-order valence-corrected chi connectivity index (χ2v) is 7.42. The third-order valence-electron chi connectivity index (χ3n) is 3.11. The van der Waals surface area contributed by atoms with Gasteiger partial charge in [-0.1, -0.05) is 13.0 Å². The topological polar surface area (TPSA) is 67.8 Å². The van der Waals surface area contributed by atoms with E-state index in [-0.39, 0.29) is 12.6 Å². The summed E-state index contributed by atoms with van der Waals surface area (Å²) in [5, 5.41) is 12.7. The van der Waals surface area contributed by atoms with Crippen molar-refractivity contribution in [2.24, 2.45) is 0 Å². The molecule has 0 saturated heterocycles. The maximum atomic E-state index is 11.7. The molecule has 1 atom stereocenters. The van der Waals surface area contributed by atoms with E-state index in [1.54, 1.807) is 11.8 Å². The SMILES string of the molecule is CCSc1ccc2c(c1)B(O)OC2CNC(=O)OC(C)(C)C. The minimum atomic E-state index is -0.946. The van der Waals surface area contributed by atoms with Gasteiger partial charge in [-0.25, -0.2) is 4.79 Å². The Hall–Kier alpha value is -1.18. The van der Waals surface area contributed by atoms with Crippen LogP contribution in [0.15, 0.2) is 23.1 Å². The van der Waals surface area contributed by atoms with Crippen LogP contribution in [0, 0.1) is 0 Å². The van der Waals surface area contributed by atoms with Crippen LogP contribution in [0.5, 0.6) is 0 Å². The molecule has 0 saturated carbocycles. The fraction of sp³-hybridized carbons (Fsp3) is 0.533. The third-order valence-corrected chi connectivity index (χ3v) is 3.98. The van der Waals surface area contributed by atoms with Crippen LogP contribution >= 0.6 is 11.8 Å². The molecule has 0 aliphatic carbocycles. The second-order valence-electron chi connectivity index (χ2n) is 6.08. The molecule has 5 nitrogen and oxygen atoms in total. The third kappa shape index (κ3) is 4.41. The largest absolute Gasteiger partial charge is 0.492 e. The highest BCUT2D eigenvalue weighted by Crippen LogP contribution is 2.26. The molecule has 1 amide bonds. The lowest BCUT2D eigenvalue weighted by Crippen LogP contribution is -2.35. The molecule has 1 unspecified atom stereocenters. The molecule has 0 fully saturated rings. The zero-order valence-electron chi connectivity index (χ0n) is 13.4. The smallest absolute Gasteiger partial charge is 0.444 e. The lowest BCUT2D eigenvalue weighted by atomic mass is 9.79. The Morgan fingerprint density at radius 1 is 1.50 bits per heavy atom. The standard InChI is InChI=1S/C15H22BNO4S/c1-5-22-10-6-7-11-12(8-10)16(19)21-13(11)9-17-14(18)20-15(2,3)4/h6-8,13,19H,5,9H2,1-4H3,(H,17,18). The first-order valence-electron chi connectivity index (χ1n) is 7.37. The first-order chi connectivity index (χ1) is 10.3. The van der Waals surface area contributed by atoms with Crippen LogP contribution in [0.4, 0.5) is 4.79 Å². The molecule has 1 aromatic carbocycles. The van der Waals surface area contributed by atoms with Crippen molar-refractivity contribution < 1.29 is 19.2 Å². The van der Waals surface area contributed by atoms with Crippen LogP contribution in [-0.2, 0) is 9.39 Å². The molecule has 0 bridgehead atoms. The number of hydrogen-bond acceptors (Lipinski definition) is 5. The lowest BCUT2D eigenvalue weighted by Gasteiger charge is -2.21. The molecular weight excluding hydrogens is 301 g/mol. The number of thioether (sulfide) groups is 1. The Kier molecular flexibility index (Phi) is 5.42. The lowest BCUT2D eigenvalue weighted by molar-refractivity contribution is 0.0498. The summed E-state index contributed by atoms with van der Waals surface area (Å²) in [6, 6.07) is 5.90. The average molecular weight is 323 g/mol. The van der Waals surface area contributed by atoms with E-state index in [0.29, 0.717) is 0 Å². The Balaban J connectivity index is 2.00. The molecule has 120 valence electrons. The van der Waals surface area contributed by atoms with E-state index >= 15 is 0 Å². The summed E-state index contributed by atoms with van der Waals surface area (Å²) in [6.07, 6.45) is -0.851. The molecule has 0 spiro atoms. The Morgan fingerprint density at radius 2 is 2.23 bits per heavy atom. The number of amides is 1. The van der Waals surface area contributed by atoms with E-state index in [1.807, 2.05) is 39.0 Å². The average Bonchev–Trinajstić information content (AvgIpc) is 2.72. The second kappa shape index (κ2) is 6.94. The number of carbonyl (C=O) groups is 1. The van der Waals surface area contributed by atoms with Gasteiger partial charge in [0.15, 0.2) is 0 Å². The van der Waals surface area contributed by atoms with Crippen molar-refractivity contribution in [3.63, 3.8) is 0 Å². The van der Waals surface area contributed by atoms with Crippen LogP contribution in [0.2, 0.25) is 0 Å². The zero-order chi connectivity index (χ0) is 16.3. The van der Waals surface area contributed by atoms with Crippen molar-refractivity contribution in [1.29, 1.82) is 0 Å². The van der Waals surface area contributed by atoms with Crippen LogP contribution in [-0.4, -0.2) is 36.1 Å². The van der Waals surface area contributed by atoms with Crippen molar-refractivity contribution in [3.05, 3.63) is 23.8 Å². The molecule has 1 heterocycles. The van der Waals surface area contributed by atoms with Gasteiger partial charge in [-0.3, -0.25) is 0 Å². The van der Waals surface area contributed by atoms with Crippen molar-refractivity contribution in [1.82, 2.24) is 5.32 Å². The van der Waals surface area contributed by atoms with E-state index in [9.17, 15) is 9.82 Å². The summed E-state index contributed by atoms with van der Waals surface area (Å²) in [6.45, 7) is 7.78.